The Morgan fingerprint density at radius 3 is 2.58 bits per heavy atom. The highest BCUT2D eigenvalue weighted by molar-refractivity contribution is 9.10. The van der Waals surface area contributed by atoms with Crippen LogP contribution in [-0.2, 0) is 4.79 Å². The number of aryl methyl sites for hydroxylation is 1. The van der Waals surface area contributed by atoms with E-state index in [0.29, 0.717) is 10.0 Å². The summed E-state index contributed by atoms with van der Waals surface area (Å²) in [6.45, 7) is 3.79. The van der Waals surface area contributed by atoms with Crippen LogP contribution < -0.4 is 5.32 Å². The lowest BCUT2D eigenvalue weighted by atomic mass is 10.1. The molecule has 0 aromatic heterocycles. The summed E-state index contributed by atoms with van der Waals surface area (Å²) in [5.74, 6) is -1.09. The monoisotopic (exact) mass is 392 g/mol. The van der Waals surface area contributed by atoms with Gasteiger partial charge in [0.2, 0.25) is 5.91 Å². The summed E-state index contributed by atoms with van der Waals surface area (Å²) in [7, 11) is 1.53. The van der Waals surface area contributed by atoms with Crippen molar-refractivity contribution in [2.45, 2.75) is 13.8 Å². The third kappa shape index (κ3) is 4.20. The van der Waals surface area contributed by atoms with E-state index in [0.717, 1.165) is 16.8 Å². The number of rotatable bonds is 4. The van der Waals surface area contributed by atoms with E-state index in [1.54, 1.807) is 0 Å². The largest absolute Gasteiger partial charge is 0.332 e. The Balaban J connectivity index is 2.05. The maximum Gasteiger partial charge on any atom is 0.255 e. The Morgan fingerprint density at radius 2 is 1.92 bits per heavy atom. The fraction of sp³-hybridized carbons (Fsp3) is 0.222. The van der Waals surface area contributed by atoms with Gasteiger partial charge in [-0.1, -0.05) is 12.1 Å². The van der Waals surface area contributed by atoms with E-state index >= 15 is 0 Å². The van der Waals surface area contributed by atoms with Gasteiger partial charge >= 0.3 is 0 Å². The molecule has 0 unspecified atom stereocenters. The Kier molecular flexibility index (Phi) is 5.72. The van der Waals surface area contributed by atoms with Crippen LogP contribution in [0.3, 0.4) is 0 Å². The second-order valence-corrected chi connectivity index (χ2v) is 6.44. The molecule has 2 aromatic carbocycles. The van der Waals surface area contributed by atoms with Crippen LogP contribution in [0, 0.1) is 19.7 Å². The number of halogens is 2. The number of amides is 2. The maximum atomic E-state index is 13.1. The lowest BCUT2D eigenvalue weighted by Crippen LogP contribution is -2.35. The number of benzene rings is 2. The van der Waals surface area contributed by atoms with Crippen LogP contribution in [0.15, 0.2) is 40.9 Å². The van der Waals surface area contributed by atoms with Crippen molar-refractivity contribution in [2.24, 2.45) is 0 Å². The van der Waals surface area contributed by atoms with E-state index < -0.39 is 5.82 Å². The molecule has 0 atom stereocenters. The minimum absolute atomic E-state index is 0.101. The number of hydrogen-bond acceptors (Lipinski definition) is 2. The molecule has 0 aliphatic rings. The summed E-state index contributed by atoms with van der Waals surface area (Å²) < 4.78 is 13.5. The van der Waals surface area contributed by atoms with Crippen LogP contribution in [-0.4, -0.2) is 30.3 Å². The van der Waals surface area contributed by atoms with E-state index in [-0.39, 0.29) is 18.4 Å². The summed E-state index contributed by atoms with van der Waals surface area (Å²) in [5.41, 5.74) is 3.09. The number of carbonyl (C=O) groups is 2. The second kappa shape index (κ2) is 7.57. The first kappa shape index (κ1) is 18.1. The molecule has 4 nitrogen and oxygen atoms in total. The van der Waals surface area contributed by atoms with E-state index in [1.807, 2.05) is 32.0 Å². The normalized spacial score (nSPS) is 10.4. The van der Waals surface area contributed by atoms with Crippen molar-refractivity contribution in [3.05, 3.63) is 63.4 Å². The number of anilines is 1. The first-order valence-corrected chi connectivity index (χ1v) is 8.15. The molecule has 6 heteroatoms. The Bertz CT molecular complexity index is 793. The van der Waals surface area contributed by atoms with Crippen molar-refractivity contribution in [2.75, 3.05) is 18.9 Å². The molecule has 0 radical (unpaired) electrons. The lowest BCUT2D eigenvalue weighted by molar-refractivity contribution is -0.116. The van der Waals surface area contributed by atoms with Gasteiger partial charge in [0.05, 0.1) is 12.1 Å². The summed E-state index contributed by atoms with van der Waals surface area (Å²) in [6, 6.07) is 9.47. The molecule has 1 N–H and O–H groups in total. The van der Waals surface area contributed by atoms with Crippen molar-refractivity contribution in [1.29, 1.82) is 0 Å². The molecule has 0 saturated heterocycles. The predicted octanol–water partition coefficient (Wildman–Crippen LogP) is 3.92. The molecule has 0 aliphatic carbocycles. The van der Waals surface area contributed by atoms with Gasteiger partial charge in [-0.25, -0.2) is 4.39 Å². The zero-order valence-corrected chi connectivity index (χ0v) is 15.3. The molecule has 0 spiro atoms. The van der Waals surface area contributed by atoms with Gasteiger partial charge in [-0.15, -0.1) is 0 Å². The van der Waals surface area contributed by atoms with Gasteiger partial charge in [0.15, 0.2) is 0 Å². The topological polar surface area (TPSA) is 49.4 Å². The van der Waals surface area contributed by atoms with Crippen LogP contribution >= 0.6 is 15.9 Å². The number of hydrogen-bond donors (Lipinski definition) is 1. The summed E-state index contributed by atoms with van der Waals surface area (Å²) in [6.07, 6.45) is 0. The Hall–Kier alpha value is -2.21. The average Bonchev–Trinajstić information content (AvgIpc) is 2.51. The minimum atomic E-state index is -0.436. The van der Waals surface area contributed by atoms with E-state index in [4.69, 9.17) is 0 Å². The predicted molar refractivity (Wildman–Crippen MR) is 95.6 cm³/mol. The molecule has 0 saturated carbocycles. The molecular weight excluding hydrogens is 375 g/mol. The molecular formula is C18H18BrFN2O2. The Labute approximate surface area is 148 Å². The van der Waals surface area contributed by atoms with Gasteiger partial charge < -0.3 is 10.2 Å². The second-order valence-electron chi connectivity index (χ2n) is 5.58. The van der Waals surface area contributed by atoms with Gasteiger partial charge in [-0.05, 0) is 65.2 Å². The number of likely N-dealkylation sites (N-methyl/N-ethyl adjacent to an activating group) is 1. The number of nitrogens with zero attached hydrogens (tertiary/aromatic N) is 1. The fourth-order valence-corrected chi connectivity index (χ4v) is 2.75. The van der Waals surface area contributed by atoms with E-state index in [1.165, 1.54) is 30.1 Å². The van der Waals surface area contributed by atoms with Crippen LogP contribution in [0.25, 0.3) is 0 Å². The summed E-state index contributed by atoms with van der Waals surface area (Å²) in [5, 5.41) is 2.81. The third-order valence-corrected chi connectivity index (χ3v) is 4.42. The molecule has 2 aromatic rings. The smallest absolute Gasteiger partial charge is 0.255 e. The third-order valence-electron chi connectivity index (χ3n) is 3.77. The highest BCUT2D eigenvalue weighted by Crippen LogP contribution is 2.20. The SMILES string of the molecule is Cc1cccc(NC(=O)CN(C)C(=O)c2ccc(F)cc2Br)c1C. The first-order valence-electron chi connectivity index (χ1n) is 7.36. The summed E-state index contributed by atoms with van der Waals surface area (Å²) in [4.78, 5) is 25.9. The molecule has 0 fully saturated rings. The first-order chi connectivity index (χ1) is 11.3. The van der Waals surface area contributed by atoms with Crippen LogP contribution in [0.2, 0.25) is 0 Å². The quantitative estimate of drug-likeness (QED) is 0.856. The highest BCUT2D eigenvalue weighted by atomic mass is 79.9. The zero-order chi connectivity index (χ0) is 17.9. The molecule has 2 rings (SSSR count). The molecule has 24 heavy (non-hydrogen) atoms. The fourth-order valence-electron chi connectivity index (χ4n) is 2.23. The summed E-state index contributed by atoms with van der Waals surface area (Å²) >= 11 is 3.17. The molecule has 0 aliphatic heterocycles. The van der Waals surface area contributed by atoms with Crippen LogP contribution in [0.4, 0.5) is 10.1 Å². The van der Waals surface area contributed by atoms with Crippen LogP contribution in [0.5, 0.6) is 0 Å². The van der Waals surface area contributed by atoms with Crippen molar-refractivity contribution in [3.63, 3.8) is 0 Å². The minimum Gasteiger partial charge on any atom is -0.332 e. The molecule has 0 heterocycles. The molecule has 2 amide bonds. The maximum absolute atomic E-state index is 13.1. The lowest BCUT2D eigenvalue weighted by Gasteiger charge is -2.18. The molecule has 126 valence electrons. The van der Waals surface area contributed by atoms with Gasteiger partial charge in [-0.3, -0.25) is 9.59 Å². The van der Waals surface area contributed by atoms with Gasteiger partial charge in [0, 0.05) is 17.2 Å². The number of carbonyl (C=O) groups excluding carboxylic acids is 2. The van der Waals surface area contributed by atoms with Crippen LogP contribution in [0.1, 0.15) is 21.5 Å². The van der Waals surface area contributed by atoms with Gasteiger partial charge in [0.25, 0.3) is 5.91 Å². The van der Waals surface area contributed by atoms with E-state index in [9.17, 15) is 14.0 Å². The van der Waals surface area contributed by atoms with Crippen molar-refractivity contribution < 1.29 is 14.0 Å². The van der Waals surface area contributed by atoms with Gasteiger partial charge in [-0.2, -0.15) is 0 Å². The standard InChI is InChI=1S/C18H18BrFN2O2/c1-11-5-4-6-16(12(11)2)21-17(23)10-22(3)18(24)14-8-7-13(20)9-15(14)19/h4-9H,10H2,1-3H3,(H,21,23). The van der Waals surface area contributed by atoms with Gasteiger partial charge in [0.1, 0.15) is 5.82 Å². The Morgan fingerprint density at radius 1 is 1.21 bits per heavy atom. The molecule has 0 bridgehead atoms. The van der Waals surface area contributed by atoms with Crippen molar-refractivity contribution >= 4 is 33.4 Å². The average molecular weight is 393 g/mol. The van der Waals surface area contributed by atoms with Crippen molar-refractivity contribution in [3.8, 4) is 0 Å². The van der Waals surface area contributed by atoms with E-state index in [2.05, 4.69) is 21.2 Å². The van der Waals surface area contributed by atoms with Crippen molar-refractivity contribution in [1.82, 2.24) is 4.90 Å². The zero-order valence-electron chi connectivity index (χ0n) is 13.7. The highest BCUT2D eigenvalue weighted by Gasteiger charge is 2.18. The number of nitrogens with one attached hydrogen (secondary N) is 1.